The standard InChI is InChI=1S/C18H20ClN5O/c1-23-11-13(9-21-23)17-8-14(25-22-17)12-24-7-6-20-10-18(24)15-4-2-3-5-16(15)19/h2-5,8-9,11,18,20H,6-7,10,12H2,1H3. The number of aryl methyl sites for hydroxylation is 1. The molecule has 1 aromatic carbocycles. The van der Waals surface area contributed by atoms with E-state index < -0.39 is 0 Å². The van der Waals surface area contributed by atoms with E-state index in [4.69, 9.17) is 16.1 Å². The summed E-state index contributed by atoms with van der Waals surface area (Å²) in [5.41, 5.74) is 2.91. The number of hydrogen-bond donors (Lipinski definition) is 1. The highest BCUT2D eigenvalue weighted by molar-refractivity contribution is 6.31. The lowest BCUT2D eigenvalue weighted by Crippen LogP contribution is -2.45. The normalized spacial score (nSPS) is 18.6. The van der Waals surface area contributed by atoms with Crippen LogP contribution in [0.15, 0.2) is 47.2 Å². The minimum atomic E-state index is 0.217. The molecule has 1 atom stereocenters. The Morgan fingerprint density at radius 1 is 1.36 bits per heavy atom. The molecule has 4 rings (SSSR count). The van der Waals surface area contributed by atoms with Gasteiger partial charge in [-0.15, -0.1) is 0 Å². The second-order valence-electron chi connectivity index (χ2n) is 6.29. The van der Waals surface area contributed by atoms with E-state index in [1.54, 1.807) is 10.9 Å². The lowest BCUT2D eigenvalue weighted by molar-refractivity contribution is 0.138. The van der Waals surface area contributed by atoms with Gasteiger partial charge in [-0.05, 0) is 11.6 Å². The Hall–Kier alpha value is -2.15. The number of piperazine rings is 1. The molecule has 1 aliphatic heterocycles. The summed E-state index contributed by atoms with van der Waals surface area (Å²) in [6.07, 6.45) is 3.72. The lowest BCUT2D eigenvalue weighted by atomic mass is 10.0. The number of nitrogens with zero attached hydrogens (tertiary/aromatic N) is 4. The minimum Gasteiger partial charge on any atom is -0.359 e. The number of aromatic nitrogens is 3. The summed E-state index contributed by atoms with van der Waals surface area (Å²) in [6.45, 7) is 3.45. The molecule has 3 aromatic rings. The van der Waals surface area contributed by atoms with Gasteiger partial charge >= 0.3 is 0 Å². The Kier molecular flexibility index (Phi) is 4.57. The third-order valence-electron chi connectivity index (χ3n) is 4.54. The van der Waals surface area contributed by atoms with Gasteiger partial charge in [0, 0.05) is 55.6 Å². The van der Waals surface area contributed by atoms with Crippen molar-refractivity contribution in [1.29, 1.82) is 0 Å². The Morgan fingerprint density at radius 2 is 2.24 bits per heavy atom. The third kappa shape index (κ3) is 3.46. The number of benzene rings is 1. The molecule has 6 nitrogen and oxygen atoms in total. The largest absolute Gasteiger partial charge is 0.359 e. The van der Waals surface area contributed by atoms with Gasteiger partial charge in [-0.25, -0.2) is 0 Å². The van der Waals surface area contributed by atoms with Crippen molar-refractivity contribution in [3.63, 3.8) is 0 Å². The first-order valence-electron chi connectivity index (χ1n) is 8.34. The summed E-state index contributed by atoms with van der Waals surface area (Å²) in [7, 11) is 1.89. The van der Waals surface area contributed by atoms with Crippen molar-refractivity contribution in [3.05, 3.63) is 59.1 Å². The molecule has 25 heavy (non-hydrogen) atoms. The second kappa shape index (κ2) is 7.00. The molecule has 1 fully saturated rings. The fourth-order valence-corrected chi connectivity index (χ4v) is 3.53. The highest BCUT2D eigenvalue weighted by Gasteiger charge is 2.26. The van der Waals surface area contributed by atoms with Crippen molar-refractivity contribution in [2.24, 2.45) is 7.05 Å². The van der Waals surface area contributed by atoms with Crippen LogP contribution in [-0.4, -0.2) is 39.5 Å². The summed E-state index contributed by atoms with van der Waals surface area (Å²) in [4.78, 5) is 2.38. The zero-order valence-electron chi connectivity index (χ0n) is 14.0. The molecule has 1 aliphatic rings. The number of nitrogens with one attached hydrogen (secondary N) is 1. The molecular weight excluding hydrogens is 338 g/mol. The van der Waals surface area contributed by atoms with Gasteiger partial charge in [0.1, 0.15) is 5.69 Å². The summed E-state index contributed by atoms with van der Waals surface area (Å²) < 4.78 is 7.32. The Balaban J connectivity index is 1.54. The molecule has 0 amide bonds. The average Bonchev–Trinajstić information content (AvgIpc) is 3.25. The highest BCUT2D eigenvalue weighted by atomic mass is 35.5. The molecule has 3 heterocycles. The van der Waals surface area contributed by atoms with E-state index in [0.29, 0.717) is 6.54 Å². The van der Waals surface area contributed by atoms with Crippen molar-refractivity contribution in [2.75, 3.05) is 19.6 Å². The van der Waals surface area contributed by atoms with Crippen LogP contribution in [0.5, 0.6) is 0 Å². The van der Waals surface area contributed by atoms with Gasteiger partial charge in [-0.1, -0.05) is 35.0 Å². The number of rotatable bonds is 4. The van der Waals surface area contributed by atoms with Gasteiger partial charge in [-0.3, -0.25) is 9.58 Å². The van der Waals surface area contributed by atoms with Crippen molar-refractivity contribution >= 4 is 11.6 Å². The molecule has 1 unspecified atom stereocenters. The van der Waals surface area contributed by atoms with Crippen LogP contribution in [0, 0.1) is 0 Å². The van der Waals surface area contributed by atoms with Gasteiger partial charge < -0.3 is 9.84 Å². The second-order valence-corrected chi connectivity index (χ2v) is 6.70. The van der Waals surface area contributed by atoms with Crippen molar-refractivity contribution in [3.8, 4) is 11.3 Å². The highest BCUT2D eigenvalue weighted by Crippen LogP contribution is 2.30. The molecule has 0 saturated carbocycles. The van der Waals surface area contributed by atoms with Gasteiger partial charge in [0.25, 0.3) is 0 Å². The molecule has 1 N–H and O–H groups in total. The first-order valence-corrected chi connectivity index (χ1v) is 8.72. The average molecular weight is 358 g/mol. The first kappa shape index (κ1) is 16.3. The van der Waals surface area contributed by atoms with Crippen LogP contribution in [0.25, 0.3) is 11.3 Å². The van der Waals surface area contributed by atoms with E-state index in [9.17, 15) is 0 Å². The van der Waals surface area contributed by atoms with Crippen molar-refractivity contribution in [2.45, 2.75) is 12.6 Å². The van der Waals surface area contributed by atoms with Crippen LogP contribution in [0.2, 0.25) is 5.02 Å². The summed E-state index contributed by atoms with van der Waals surface area (Å²) >= 11 is 6.41. The van der Waals surface area contributed by atoms with Gasteiger partial charge in [0.15, 0.2) is 5.76 Å². The molecule has 0 bridgehead atoms. The SMILES string of the molecule is Cn1cc(-c2cc(CN3CCNCC3c3ccccc3Cl)on2)cn1. The molecule has 0 radical (unpaired) electrons. The van der Waals surface area contributed by atoms with E-state index in [-0.39, 0.29) is 6.04 Å². The van der Waals surface area contributed by atoms with Gasteiger partial charge in [0.05, 0.1) is 12.7 Å². The summed E-state index contributed by atoms with van der Waals surface area (Å²) in [5.74, 6) is 0.845. The maximum atomic E-state index is 6.41. The van der Waals surface area contributed by atoms with E-state index in [1.807, 2.05) is 37.5 Å². The zero-order chi connectivity index (χ0) is 17.2. The number of hydrogen-bond acceptors (Lipinski definition) is 5. The summed E-state index contributed by atoms with van der Waals surface area (Å²) in [5, 5.41) is 12.6. The molecule has 130 valence electrons. The number of halogens is 1. The maximum Gasteiger partial charge on any atom is 0.151 e. The quantitative estimate of drug-likeness (QED) is 0.778. The van der Waals surface area contributed by atoms with Crippen LogP contribution in [0.3, 0.4) is 0 Å². The zero-order valence-corrected chi connectivity index (χ0v) is 14.8. The smallest absolute Gasteiger partial charge is 0.151 e. The monoisotopic (exact) mass is 357 g/mol. The Bertz CT molecular complexity index is 859. The van der Waals surface area contributed by atoms with E-state index in [1.165, 1.54) is 0 Å². The minimum absolute atomic E-state index is 0.217. The lowest BCUT2D eigenvalue weighted by Gasteiger charge is -2.36. The predicted octanol–water partition coefficient (Wildman–Crippen LogP) is 2.88. The van der Waals surface area contributed by atoms with Crippen LogP contribution in [0.1, 0.15) is 17.4 Å². The van der Waals surface area contributed by atoms with Crippen LogP contribution in [0.4, 0.5) is 0 Å². The van der Waals surface area contributed by atoms with Crippen LogP contribution >= 0.6 is 11.6 Å². The molecule has 0 aliphatic carbocycles. The van der Waals surface area contributed by atoms with Crippen LogP contribution < -0.4 is 5.32 Å². The molecule has 1 saturated heterocycles. The fourth-order valence-electron chi connectivity index (χ4n) is 3.26. The molecule has 0 spiro atoms. The van der Waals surface area contributed by atoms with E-state index >= 15 is 0 Å². The van der Waals surface area contributed by atoms with Gasteiger partial charge in [-0.2, -0.15) is 5.10 Å². The Morgan fingerprint density at radius 3 is 3.04 bits per heavy atom. The van der Waals surface area contributed by atoms with E-state index in [2.05, 4.69) is 26.5 Å². The molecule has 7 heteroatoms. The Labute approximate surface area is 151 Å². The predicted molar refractivity (Wildman–Crippen MR) is 96.2 cm³/mol. The van der Waals surface area contributed by atoms with E-state index in [0.717, 1.165) is 47.2 Å². The van der Waals surface area contributed by atoms with Crippen molar-refractivity contribution < 1.29 is 4.52 Å². The third-order valence-corrected chi connectivity index (χ3v) is 4.88. The molecule has 2 aromatic heterocycles. The summed E-state index contributed by atoms with van der Waals surface area (Å²) in [6, 6.07) is 10.2. The van der Waals surface area contributed by atoms with Crippen LogP contribution in [-0.2, 0) is 13.6 Å². The van der Waals surface area contributed by atoms with Gasteiger partial charge in [0.2, 0.25) is 0 Å². The maximum absolute atomic E-state index is 6.41. The van der Waals surface area contributed by atoms with Crippen molar-refractivity contribution in [1.82, 2.24) is 25.2 Å². The fraction of sp³-hybridized carbons (Fsp3) is 0.333. The topological polar surface area (TPSA) is 59.1 Å². The molecular formula is C18H20ClN5O. The first-order chi connectivity index (χ1) is 12.2.